The first-order chi connectivity index (χ1) is 8.00. The SMILES string of the molecule is CC(C)CCCNC(=O)c1cc(F)cnc1Cl. The molecule has 0 fully saturated rings. The number of rotatable bonds is 5. The molecule has 5 heteroatoms. The smallest absolute Gasteiger partial charge is 0.254 e. The Bertz CT molecular complexity index is 396. The summed E-state index contributed by atoms with van der Waals surface area (Å²) < 4.78 is 12.9. The van der Waals surface area contributed by atoms with E-state index in [4.69, 9.17) is 11.6 Å². The summed E-state index contributed by atoms with van der Waals surface area (Å²) in [5.74, 6) is -0.348. The van der Waals surface area contributed by atoms with E-state index in [1.807, 2.05) is 0 Å². The minimum Gasteiger partial charge on any atom is -0.352 e. The van der Waals surface area contributed by atoms with Gasteiger partial charge in [-0.3, -0.25) is 4.79 Å². The summed E-state index contributed by atoms with van der Waals surface area (Å²) in [7, 11) is 0. The standard InChI is InChI=1S/C12H16ClFN2O/c1-8(2)4-3-5-15-12(17)10-6-9(14)7-16-11(10)13/h6-8H,3-5H2,1-2H3,(H,15,17). The second-order valence-electron chi connectivity index (χ2n) is 4.28. The minimum atomic E-state index is -0.568. The van der Waals surface area contributed by atoms with Gasteiger partial charge in [-0.15, -0.1) is 0 Å². The molecule has 0 spiro atoms. The minimum absolute atomic E-state index is 0.0211. The second-order valence-corrected chi connectivity index (χ2v) is 4.64. The highest BCUT2D eigenvalue weighted by Gasteiger charge is 2.11. The van der Waals surface area contributed by atoms with Crippen LogP contribution in [0.15, 0.2) is 12.3 Å². The molecule has 0 bridgehead atoms. The number of nitrogens with one attached hydrogen (secondary N) is 1. The Hall–Kier alpha value is -1.16. The van der Waals surface area contributed by atoms with Crippen molar-refractivity contribution in [1.82, 2.24) is 10.3 Å². The van der Waals surface area contributed by atoms with Gasteiger partial charge in [0.2, 0.25) is 0 Å². The van der Waals surface area contributed by atoms with E-state index in [9.17, 15) is 9.18 Å². The molecule has 94 valence electrons. The largest absolute Gasteiger partial charge is 0.352 e. The highest BCUT2D eigenvalue weighted by atomic mass is 35.5. The fourth-order valence-corrected chi connectivity index (χ4v) is 1.58. The van der Waals surface area contributed by atoms with Crippen LogP contribution in [-0.2, 0) is 0 Å². The Labute approximate surface area is 105 Å². The molecule has 0 radical (unpaired) electrons. The number of carbonyl (C=O) groups is 1. The number of pyridine rings is 1. The molecule has 0 aliphatic rings. The first-order valence-corrected chi connectivity index (χ1v) is 5.97. The van der Waals surface area contributed by atoms with Gasteiger partial charge in [-0.05, 0) is 24.8 Å². The van der Waals surface area contributed by atoms with Gasteiger partial charge in [0.15, 0.2) is 0 Å². The summed E-state index contributed by atoms with van der Waals surface area (Å²) in [5.41, 5.74) is 0.0798. The van der Waals surface area contributed by atoms with Gasteiger partial charge in [-0.1, -0.05) is 25.4 Å². The Morgan fingerprint density at radius 3 is 2.94 bits per heavy atom. The summed E-state index contributed by atoms with van der Waals surface area (Å²) in [6.45, 7) is 4.80. The summed E-state index contributed by atoms with van der Waals surface area (Å²) >= 11 is 5.72. The highest BCUT2D eigenvalue weighted by molar-refractivity contribution is 6.32. The third-order valence-corrected chi connectivity index (χ3v) is 2.60. The lowest BCUT2D eigenvalue weighted by atomic mass is 10.1. The van der Waals surface area contributed by atoms with Crippen LogP contribution in [0.4, 0.5) is 4.39 Å². The molecule has 0 atom stereocenters. The van der Waals surface area contributed by atoms with E-state index >= 15 is 0 Å². The van der Waals surface area contributed by atoms with Gasteiger partial charge in [0.05, 0.1) is 11.8 Å². The average Bonchev–Trinajstić information content (AvgIpc) is 2.27. The van der Waals surface area contributed by atoms with Gasteiger partial charge in [0, 0.05) is 6.54 Å². The van der Waals surface area contributed by atoms with Crippen LogP contribution in [-0.4, -0.2) is 17.4 Å². The quantitative estimate of drug-likeness (QED) is 0.652. The van der Waals surface area contributed by atoms with Crippen LogP contribution < -0.4 is 5.32 Å². The van der Waals surface area contributed by atoms with E-state index in [0.717, 1.165) is 25.1 Å². The molecule has 1 rings (SSSR count). The third kappa shape index (κ3) is 4.69. The van der Waals surface area contributed by atoms with E-state index in [-0.39, 0.29) is 16.6 Å². The topological polar surface area (TPSA) is 42.0 Å². The molecule has 3 nitrogen and oxygen atoms in total. The molecule has 1 aromatic heterocycles. The van der Waals surface area contributed by atoms with Gasteiger partial charge >= 0.3 is 0 Å². The molecule has 0 aliphatic carbocycles. The molecule has 17 heavy (non-hydrogen) atoms. The number of halogens is 2. The van der Waals surface area contributed by atoms with Gasteiger partial charge < -0.3 is 5.32 Å². The van der Waals surface area contributed by atoms with Crippen LogP contribution >= 0.6 is 11.6 Å². The Morgan fingerprint density at radius 2 is 2.29 bits per heavy atom. The van der Waals surface area contributed by atoms with Crippen molar-refractivity contribution < 1.29 is 9.18 Å². The van der Waals surface area contributed by atoms with E-state index in [0.29, 0.717) is 12.5 Å². The monoisotopic (exact) mass is 258 g/mol. The number of carbonyl (C=O) groups excluding carboxylic acids is 1. The summed E-state index contributed by atoms with van der Waals surface area (Å²) in [6, 6.07) is 1.09. The number of hydrogen-bond acceptors (Lipinski definition) is 2. The fraction of sp³-hybridized carbons (Fsp3) is 0.500. The van der Waals surface area contributed by atoms with Crippen LogP contribution in [0, 0.1) is 11.7 Å². The molecule has 0 aliphatic heterocycles. The van der Waals surface area contributed by atoms with Crippen LogP contribution in [0.3, 0.4) is 0 Å². The van der Waals surface area contributed by atoms with Crippen molar-refractivity contribution in [1.29, 1.82) is 0 Å². The van der Waals surface area contributed by atoms with Crippen molar-refractivity contribution in [3.63, 3.8) is 0 Å². The number of aromatic nitrogens is 1. The molecule has 0 unspecified atom stereocenters. The van der Waals surface area contributed by atoms with Gasteiger partial charge in [0.25, 0.3) is 5.91 Å². The Balaban J connectivity index is 2.49. The van der Waals surface area contributed by atoms with E-state index in [2.05, 4.69) is 24.1 Å². The first kappa shape index (κ1) is 13.9. The van der Waals surface area contributed by atoms with E-state index < -0.39 is 5.82 Å². The van der Waals surface area contributed by atoms with E-state index in [1.165, 1.54) is 0 Å². The lowest BCUT2D eigenvalue weighted by Crippen LogP contribution is -2.25. The number of amides is 1. The molecular formula is C12H16ClFN2O. The van der Waals surface area contributed by atoms with E-state index in [1.54, 1.807) is 0 Å². The molecule has 0 aromatic carbocycles. The van der Waals surface area contributed by atoms with Crippen molar-refractivity contribution in [3.05, 3.63) is 28.8 Å². The highest BCUT2D eigenvalue weighted by Crippen LogP contribution is 2.13. The zero-order valence-electron chi connectivity index (χ0n) is 9.96. The fourth-order valence-electron chi connectivity index (χ4n) is 1.39. The third-order valence-electron chi connectivity index (χ3n) is 2.29. The zero-order chi connectivity index (χ0) is 12.8. The second kappa shape index (κ2) is 6.55. The Morgan fingerprint density at radius 1 is 1.59 bits per heavy atom. The number of hydrogen-bond donors (Lipinski definition) is 1. The molecule has 1 amide bonds. The van der Waals surface area contributed by atoms with Crippen molar-refractivity contribution in [3.8, 4) is 0 Å². The van der Waals surface area contributed by atoms with Crippen LogP contribution in [0.5, 0.6) is 0 Å². The van der Waals surface area contributed by atoms with Crippen LogP contribution in [0.1, 0.15) is 37.0 Å². The Kier molecular flexibility index (Phi) is 5.35. The molecule has 0 saturated carbocycles. The maximum Gasteiger partial charge on any atom is 0.254 e. The summed E-state index contributed by atoms with van der Waals surface area (Å²) in [5, 5.41) is 2.71. The van der Waals surface area contributed by atoms with Crippen molar-refractivity contribution in [2.75, 3.05) is 6.54 Å². The van der Waals surface area contributed by atoms with Gasteiger partial charge in [0.1, 0.15) is 11.0 Å². The number of nitrogens with zero attached hydrogens (tertiary/aromatic N) is 1. The maximum atomic E-state index is 12.9. The predicted octanol–water partition coefficient (Wildman–Crippen LogP) is 3.04. The summed E-state index contributed by atoms with van der Waals surface area (Å²) in [6.07, 6.45) is 2.91. The lowest BCUT2D eigenvalue weighted by molar-refractivity contribution is 0.0952. The lowest BCUT2D eigenvalue weighted by Gasteiger charge is -2.07. The summed E-state index contributed by atoms with van der Waals surface area (Å²) in [4.78, 5) is 15.2. The van der Waals surface area contributed by atoms with Crippen molar-refractivity contribution in [2.24, 2.45) is 5.92 Å². The maximum absolute atomic E-state index is 12.9. The molecule has 1 heterocycles. The molecule has 0 saturated heterocycles. The normalized spacial score (nSPS) is 10.6. The zero-order valence-corrected chi connectivity index (χ0v) is 10.7. The van der Waals surface area contributed by atoms with Crippen LogP contribution in [0.2, 0.25) is 5.15 Å². The van der Waals surface area contributed by atoms with Crippen LogP contribution in [0.25, 0.3) is 0 Å². The average molecular weight is 259 g/mol. The predicted molar refractivity (Wildman–Crippen MR) is 65.6 cm³/mol. The van der Waals surface area contributed by atoms with Gasteiger partial charge in [-0.25, -0.2) is 9.37 Å². The first-order valence-electron chi connectivity index (χ1n) is 5.60. The van der Waals surface area contributed by atoms with Gasteiger partial charge in [-0.2, -0.15) is 0 Å². The van der Waals surface area contributed by atoms with Crippen molar-refractivity contribution >= 4 is 17.5 Å². The van der Waals surface area contributed by atoms with Crippen molar-refractivity contribution in [2.45, 2.75) is 26.7 Å². The molecular weight excluding hydrogens is 243 g/mol. The molecule has 1 N–H and O–H groups in total. The molecule has 1 aromatic rings.